The molecule has 7 aromatic carbocycles. The quantitative estimate of drug-likeness (QED) is 0.0154. The Morgan fingerprint density at radius 1 is 0.617 bits per heavy atom. The van der Waals surface area contributed by atoms with Gasteiger partial charge in [-0.15, -0.1) is 12.1 Å². The number of carboxylic acids is 1. The van der Waals surface area contributed by atoms with Gasteiger partial charge in [-0.05, 0) is 201 Å². The fourth-order valence-corrected chi connectivity index (χ4v) is 12.7. The van der Waals surface area contributed by atoms with Gasteiger partial charge in [-0.3, -0.25) is 24.0 Å². The molecule has 0 saturated carbocycles. The standard InChI is InChI=1S/C45H58N6O7.C12H16O2.C12H14O2.C11H14O2.C9H9BrO2.C3H5BF3.CH4.K/c1-27(2)31-9-11-34(28(3)21-31)39(53)26-33(14-16-47)45(56)51(5)43-32-10-13-42(58-20-18-49)36(25-32)35-23-30(8-12-41(35)57-19-17-48)24-37(38(52)7-6-15-46)50-44(55)29(4)22-40(43)54;2*1-8(2)10-5-6-11(9(3)7-10)12(13)14-4;1-7(2)9-4-5-10(11(12)13)8(3)6-9;1-6-5-7(10)3-4-8(6)9(11)12-2;1-3(2)4(5,6)7;;/h8-13,21,23,25,27,29,33,37,43H,6-7,14,16-20,22,24,26,47-49H2,1-5H3,(H,50,55);5-8H,1-4H3;5-7H,1H2,2-4H3;4-7H,1-3H3,(H,12,13);3-5H,1-2H3;1H2,2H3;1H4;/q;;;;;-1;;+1/t29-,33-,37+,43+;;;;;;;/m1......./s1. The summed E-state index contributed by atoms with van der Waals surface area (Å²) in [5, 5.41) is 20.8. The van der Waals surface area contributed by atoms with Crippen LogP contribution in [-0.2, 0) is 39.8 Å². The van der Waals surface area contributed by atoms with E-state index in [2.05, 4.69) is 90.2 Å². The van der Waals surface area contributed by atoms with Crippen LogP contribution in [0.3, 0.4) is 0 Å². The number of allylic oxidation sites excluding steroid dienone is 2. The molecule has 4 bridgehead atoms. The molecular formula is C93H120BBrF3KN6O15. The van der Waals surface area contributed by atoms with Crippen molar-refractivity contribution in [3.8, 4) is 28.7 Å². The Labute approximate surface area is 758 Å². The minimum Gasteiger partial charge on any atom is -0.492 e. The number of hydrogen-bond acceptors (Lipinski definition) is 18. The summed E-state index contributed by atoms with van der Waals surface area (Å²) >= 11 is 3.32. The molecule has 0 aromatic heterocycles. The number of halogens is 4. The van der Waals surface area contributed by atoms with E-state index in [9.17, 15) is 61.4 Å². The number of nitrogens with one attached hydrogen (secondary N) is 1. The predicted octanol–water partition coefficient (Wildman–Crippen LogP) is 15.4. The number of rotatable bonds is 25. The van der Waals surface area contributed by atoms with Crippen molar-refractivity contribution in [2.45, 2.75) is 173 Å². The monoisotopic (exact) mass is 1750 g/mol. The fraction of sp³-hybridized carbons (Fsp3) is 0.398. The van der Waals surface area contributed by atoms with E-state index in [0.717, 1.165) is 55.9 Å². The number of nitriles is 1. The first-order chi connectivity index (χ1) is 55.5. The number of carbonyl (C=O) groups excluding carboxylic acids is 8. The number of esters is 3. The van der Waals surface area contributed by atoms with Gasteiger partial charge in [-0.25, -0.2) is 19.2 Å². The normalized spacial score (nSPS) is 13.5. The van der Waals surface area contributed by atoms with Crippen molar-refractivity contribution in [2.75, 3.05) is 61.2 Å². The average molecular weight is 1750 g/mol. The van der Waals surface area contributed by atoms with Gasteiger partial charge < -0.3 is 69.2 Å². The van der Waals surface area contributed by atoms with Crippen LogP contribution in [0.1, 0.15) is 239 Å². The SMILES string of the molecule is C.C=C(C)[B-](F)(F)F.C=C(C)c1ccc(C(=O)OC)c(C)c1.COC(=O)c1ccc(Br)cc1C.COC(=O)c1ccc(C(C)C)cc1C.Cc1cc(C(C)C)ccc1C(=O)C[C@@H](CCN)C(=O)N(C)[C@@H]1C(=O)C[C@@H](C)C(=O)N[C@H](C(=O)CCC#N)Cc2ccc(OCCN)c(c2)-c2cc1ccc2OCCN.Cc1cc(C(C)C)ccc1C(=O)O.[K+]. The molecule has 0 radical (unpaired) electrons. The second-order valence-corrected chi connectivity index (χ2v) is 30.6. The zero-order valence-electron chi connectivity index (χ0n) is 72.2. The number of nitrogens with two attached hydrogens (primary N) is 3. The second kappa shape index (κ2) is 53.5. The molecular weight excluding hydrogens is 1630 g/mol. The number of likely N-dealkylation sites (N-methyl/N-ethyl adjacent to an activating group) is 1. The van der Waals surface area contributed by atoms with Crippen LogP contribution >= 0.6 is 15.9 Å². The largest absolute Gasteiger partial charge is 1.00 e. The number of fused-ring (bicyclic) bond motifs is 5. The summed E-state index contributed by atoms with van der Waals surface area (Å²) in [6.07, 6.45) is -0.162. The number of Topliss-reactive ketones (excluding diaryl/α,β-unsaturated/α-hetero) is 3. The van der Waals surface area contributed by atoms with Crippen molar-refractivity contribution >= 4 is 81.5 Å². The van der Waals surface area contributed by atoms with Crippen LogP contribution in [0.2, 0.25) is 0 Å². The average Bonchev–Trinajstić information content (AvgIpc) is 0.772. The number of ketones is 3. The minimum atomic E-state index is -4.75. The summed E-state index contributed by atoms with van der Waals surface area (Å²) in [4.78, 5) is 116. The number of hydrogen-bond donors (Lipinski definition) is 5. The Hall–Kier alpha value is -9.21. The number of nitrogens with zero attached hydrogens (tertiary/aromatic N) is 2. The third-order valence-electron chi connectivity index (χ3n) is 19.3. The zero-order chi connectivity index (χ0) is 89.2. The maximum Gasteiger partial charge on any atom is 1.00 e. The van der Waals surface area contributed by atoms with E-state index >= 15 is 0 Å². The van der Waals surface area contributed by atoms with E-state index in [1.165, 1.54) is 44.4 Å². The van der Waals surface area contributed by atoms with E-state index in [-0.39, 0.29) is 166 Å². The van der Waals surface area contributed by atoms with Gasteiger partial charge in [0, 0.05) is 78.8 Å². The molecule has 7 aromatic rings. The van der Waals surface area contributed by atoms with Crippen molar-refractivity contribution in [2.24, 2.45) is 29.0 Å². The molecule has 0 saturated heterocycles. The molecule has 21 nitrogen and oxygen atoms in total. The molecule has 8 rings (SSSR count). The number of aryl methyl sites for hydroxylation is 5. The van der Waals surface area contributed by atoms with Crippen molar-refractivity contribution in [3.63, 3.8) is 0 Å². The fourth-order valence-electron chi connectivity index (χ4n) is 12.2. The van der Waals surface area contributed by atoms with Gasteiger partial charge in [-0.2, -0.15) is 5.26 Å². The molecule has 120 heavy (non-hydrogen) atoms. The number of benzene rings is 7. The van der Waals surface area contributed by atoms with Gasteiger partial charge >= 0.3 is 82.2 Å². The minimum absolute atomic E-state index is 0. The number of methoxy groups -OCH3 is 3. The molecule has 27 heteroatoms. The van der Waals surface area contributed by atoms with E-state index in [1.807, 2.05) is 120 Å². The predicted molar refractivity (Wildman–Crippen MR) is 469 cm³/mol. The summed E-state index contributed by atoms with van der Waals surface area (Å²) in [6.45, 7) is 29.3. The van der Waals surface area contributed by atoms with Crippen molar-refractivity contribution in [1.82, 2.24) is 10.2 Å². The molecule has 1 aliphatic rings. The van der Waals surface area contributed by atoms with E-state index in [4.69, 9.17) is 31.8 Å². The molecule has 0 fully saturated rings. The van der Waals surface area contributed by atoms with Crippen LogP contribution in [0.15, 0.2) is 150 Å². The van der Waals surface area contributed by atoms with Crippen LogP contribution in [0.5, 0.6) is 11.5 Å². The van der Waals surface area contributed by atoms with Gasteiger partial charge in [-0.1, -0.05) is 158 Å². The third kappa shape index (κ3) is 34.0. The van der Waals surface area contributed by atoms with Crippen molar-refractivity contribution in [1.29, 1.82) is 5.26 Å². The van der Waals surface area contributed by atoms with Crippen LogP contribution in [0.25, 0.3) is 16.7 Å². The van der Waals surface area contributed by atoms with E-state index in [1.54, 1.807) is 61.5 Å². The summed E-state index contributed by atoms with van der Waals surface area (Å²) in [5.74, 6) is -3.27. The van der Waals surface area contributed by atoms with Gasteiger partial charge in [0.2, 0.25) is 11.8 Å². The first kappa shape index (κ1) is 109. The Kier molecular flexibility index (Phi) is 48.5. The second-order valence-electron chi connectivity index (χ2n) is 29.7. The van der Waals surface area contributed by atoms with Crippen molar-refractivity contribution in [3.05, 3.63) is 240 Å². The van der Waals surface area contributed by atoms with Crippen LogP contribution in [-0.4, -0.2) is 137 Å². The number of carboxylic acid groups (broad SMARTS) is 1. The summed E-state index contributed by atoms with van der Waals surface area (Å²) in [6, 6.07) is 38.4. The zero-order valence-corrected chi connectivity index (χ0v) is 76.9. The molecule has 2 amide bonds. The summed E-state index contributed by atoms with van der Waals surface area (Å²) < 4.78 is 60.5. The summed E-state index contributed by atoms with van der Waals surface area (Å²) in [7, 11) is 5.69. The molecule has 0 unspecified atom stereocenters. The van der Waals surface area contributed by atoms with Crippen LogP contribution < -0.4 is 83.4 Å². The van der Waals surface area contributed by atoms with Crippen molar-refractivity contribution < 1.29 is 136 Å². The Morgan fingerprint density at radius 2 is 1.04 bits per heavy atom. The Balaban J connectivity index is 0.000000920. The maximum absolute atomic E-state index is 14.6. The smallest absolute Gasteiger partial charge is 0.492 e. The molecule has 1 heterocycles. The van der Waals surface area contributed by atoms with E-state index < -0.39 is 59.9 Å². The molecule has 1 aliphatic heterocycles. The molecule has 644 valence electrons. The first-order valence-electron chi connectivity index (χ1n) is 38.8. The van der Waals surface area contributed by atoms with Gasteiger partial charge in [0.25, 0.3) is 0 Å². The molecule has 8 N–H and O–H groups in total. The van der Waals surface area contributed by atoms with Gasteiger partial charge in [0.15, 0.2) is 17.3 Å². The number of aromatic carboxylic acids is 1. The number of amides is 2. The third-order valence-corrected chi connectivity index (χ3v) is 19.8. The van der Waals surface area contributed by atoms with E-state index in [0.29, 0.717) is 73.4 Å². The topological polar surface area (TPSA) is 337 Å². The molecule has 0 spiro atoms. The van der Waals surface area contributed by atoms with Crippen LogP contribution in [0, 0.1) is 57.8 Å². The maximum atomic E-state index is 14.6. The van der Waals surface area contributed by atoms with Crippen LogP contribution in [0.4, 0.5) is 12.9 Å². The van der Waals surface area contributed by atoms with Gasteiger partial charge in [0.1, 0.15) is 30.8 Å². The number of carbonyl (C=O) groups is 9. The molecule has 4 atom stereocenters. The summed E-state index contributed by atoms with van der Waals surface area (Å²) in [5.41, 5.74) is 32.0. The Bertz CT molecular complexity index is 4740. The van der Waals surface area contributed by atoms with Gasteiger partial charge in [0.05, 0.1) is 55.7 Å². The Morgan fingerprint density at radius 3 is 1.44 bits per heavy atom. The number of ether oxygens (including phenoxy) is 5. The molecule has 0 aliphatic carbocycles. The first-order valence-corrected chi connectivity index (χ1v) is 39.6.